The van der Waals surface area contributed by atoms with Gasteiger partial charge in [0.1, 0.15) is 5.75 Å². The second kappa shape index (κ2) is 10.7. The van der Waals surface area contributed by atoms with Gasteiger partial charge < -0.3 is 10.1 Å². The number of halogens is 2. The number of benzene rings is 2. The Hall–Kier alpha value is -2.77. The van der Waals surface area contributed by atoms with Gasteiger partial charge in [-0.25, -0.2) is 0 Å². The van der Waals surface area contributed by atoms with Crippen LogP contribution in [0.5, 0.6) is 5.75 Å². The lowest BCUT2D eigenvalue weighted by molar-refractivity contribution is -0.130. The number of nitrogens with one attached hydrogen (secondary N) is 3. The van der Waals surface area contributed by atoms with Crippen molar-refractivity contribution in [1.29, 1.82) is 0 Å². The SMILES string of the molecule is Cc1ccc(OCC(=O)NNC(=O)CCC(=O)Nc2ccc(Cl)cc2Cl)cc1C. The first-order chi connectivity index (χ1) is 13.7. The molecule has 0 atom stereocenters. The fourth-order valence-electron chi connectivity index (χ4n) is 2.22. The number of rotatable bonds is 7. The molecule has 2 aromatic rings. The molecule has 0 radical (unpaired) electrons. The molecule has 154 valence electrons. The smallest absolute Gasteiger partial charge is 0.276 e. The molecular formula is C20H21Cl2N3O4. The van der Waals surface area contributed by atoms with Crippen LogP contribution in [0.4, 0.5) is 5.69 Å². The first-order valence-corrected chi connectivity index (χ1v) is 9.53. The van der Waals surface area contributed by atoms with E-state index in [0.29, 0.717) is 21.5 Å². The lowest BCUT2D eigenvalue weighted by atomic mass is 10.1. The lowest BCUT2D eigenvalue weighted by Crippen LogP contribution is -2.44. The Morgan fingerprint density at radius 3 is 2.24 bits per heavy atom. The number of amides is 3. The molecule has 0 saturated heterocycles. The van der Waals surface area contributed by atoms with Crippen LogP contribution in [0.1, 0.15) is 24.0 Å². The van der Waals surface area contributed by atoms with Crippen LogP contribution in [0.3, 0.4) is 0 Å². The Morgan fingerprint density at radius 1 is 0.862 bits per heavy atom. The highest BCUT2D eigenvalue weighted by Gasteiger charge is 2.11. The van der Waals surface area contributed by atoms with Gasteiger partial charge in [0.05, 0.1) is 10.7 Å². The summed E-state index contributed by atoms with van der Waals surface area (Å²) in [5, 5.41) is 3.33. The van der Waals surface area contributed by atoms with Crippen LogP contribution < -0.4 is 20.9 Å². The highest BCUT2D eigenvalue weighted by Crippen LogP contribution is 2.25. The minimum atomic E-state index is -0.519. The highest BCUT2D eigenvalue weighted by molar-refractivity contribution is 6.36. The summed E-state index contributed by atoms with van der Waals surface area (Å²) in [7, 11) is 0. The summed E-state index contributed by atoms with van der Waals surface area (Å²) >= 11 is 11.8. The van der Waals surface area contributed by atoms with Crippen LogP contribution in [0.25, 0.3) is 0 Å². The van der Waals surface area contributed by atoms with Crippen molar-refractivity contribution in [3.63, 3.8) is 0 Å². The Balaban J connectivity index is 1.67. The molecule has 0 aromatic heterocycles. The molecule has 0 heterocycles. The standard InChI is InChI=1S/C20H21Cl2N3O4/c1-12-3-5-15(9-13(12)2)29-11-20(28)25-24-19(27)8-7-18(26)23-17-6-4-14(21)10-16(17)22/h3-6,9-10H,7-8,11H2,1-2H3,(H,23,26)(H,24,27)(H,25,28). The monoisotopic (exact) mass is 437 g/mol. The van der Waals surface area contributed by atoms with Gasteiger partial charge in [0.15, 0.2) is 6.61 Å². The molecule has 0 bridgehead atoms. The number of hydrazine groups is 1. The average Bonchev–Trinajstić information content (AvgIpc) is 2.67. The first kappa shape index (κ1) is 22.5. The predicted octanol–water partition coefficient (Wildman–Crippen LogP) is 3.56. The molecule has 0 unspecified atom stereocenters. The molecule has 9 heteroatoms. The second-order valence-corrected chi connectivity index (χ2v) is 7.15. The zero-order chi connectivity index (χ0) is 21.4. The highest BCUT2D eigenvalue weighted by atomic mass is 35.5. The topological polar surface area (TPSA) is 96.5 Å². The summed E-state index contributed by atoms with van der Waals surface area (Å²) in [6.45, 7) is 3.67. The molecule has 2 aromatic carbocycles. The number of carbonyl (C=O) groups is 3. The maximum atomic E-state index is 11.9. The van der Waals surface area contributed by atoms with Crippen LogP contribution >= 0.6 is 23.2 Å². The van der Waals surface area contributed by atoms with E-state index < -0.39 is 17.7 Å². The third kappa shape index (κ3) is 7.63. The maximum absolute atomic E-state index is 11.9. The average molecular weight is 438 g/mol. The van der Waals surface area contributed by atoms with Gasteiger partial charge in [-0.15, -0.1) is 0 Å². The van der Waals surface area contributed by atoms with Crippen molar-refractivity contribution < 1.29 is 19.1 Å². The van der Waals surface area contributed by atoms with E-state index in [1.165, 1.54) is 6.07 Å². The number of hydrogen-bond acceptors (Lipinski definition) is 4. The van der Waals surface area contributed by atoms with Crippen LogP contribution in [-0.4, -0.2) is 24.3 Å². The van der Waals surface area contributed by atoms with Crippen LogP contribution in [0, 0.1) is 13.8 Å². The molecule has 29 heavy (non-hydrogen) atoms. The number of aryl methyl sites for hydroxylation is 2. The van der Waals surface area contributed by atoms with E-state index in [4.69, 9.17) is 27.9 Å². The largest absolute Gasteiger partial charge is 0.484 e. The van der Waals surface area contributed by atoms with Crippen LogP contribution in [-0.2, 0) is 14.4 Å². The van der Waals surface area contributed by atoms with E-state index in [1.807, 2.05) is 26.0 Å². The molecule has 0 saturated carbocycles. The molecule has 3 amide bonds. The molecule has 0 aliphatic carbocycles. The fourth-order valence-corrected chi connectivity index (χ4v) is 2.68. The van der Waals surface area contributed by atoms with Crippen molar-refractivity contribution in [2.75, 3.05) is 11.9 Å². The maximum Gasteiger partial charge on any atom is 0.276 e. The van der Waals surface area contributed by atoms with Crippen molar-refractivity contribution in [3.8, 4) is 5.75 Å². The third-order valence-corrected chi connectivity index (χ3v) is 4.52. The van der Waals surface area contributed by atoms with Gasteiger partial charge in [-0.1, -0.05) is 29.3 Å². The summed E-state index contributed by atoms with van der Waals surface area (Å²) in [5.74, 6) is -0.864. The summed E-state index contributed by atoms with van der Waals surface area (Å²) in [4.78, 5) is 35.5. The molecule has 3 N–H and O–H groups in total. The van der Waals surface area contributed by atoms with Gasteiger partial charge in [-0.3, -0.25) is 25.2 Å². The fraction of sp³-hybridized carbons (Fsp3) is 0.250. The van der Waals surface area contributed by atoms with E-state index in [0.717, 1.165) is 11.1 Å². The second-order valence-electron chi connectivity index (χ2n) is 6.30. The molecule has 7 nitrogen and oxygen atoms in total. The predicted molar refractivity (Wildman–Crippen MR) is 112 cm³/mol. The van der Waals surface area contributed by atoms with Gasteiger partial charge in [0.25, 0.3) is 5.91 Å². The van der Waals surface area contributed by atoms with E-state index in [1.54, 1.807) is 18.2 Å². The summed E-state index contributed by atoms with van der Waals surface area (Å²) < 4.78 is 5.37. The molecule has 0 aliphatic heterocycles. The molecule has 0 spiro atoms. The Labute approximate surface area is 178 Å². The normalized spacial score (nSPS) is 10.2. The zero-order valence-electron chi connectivity index (χ0n) is 16.0. The molecular weight excluding hydrogens is 417 g/mol. The number of anilines is 1. The van der Waals surface area contributed by atoms with Crippen molar-refractivity contribution in [1.82, 2.24) is 10.9 Å². The Bertz CT molecular complexity index is 919. The van der Waals surface area contributed by atoms with Gasteiger partial charge in [0.2, 0.25) is 11.8 Å². The van der Waals surface area contributed by atoms with Crippen LogP contribution in [0.2, 0.25) is 10.0 Å². The number of carbonyl (C=O) groups excluding carboxylic acids is 3. The van der Waals surface area contributed by atoms with Crippen LogP contribution in [0.15, 0.2) is 36.4 Å². The Kier molecular flexibility index (Phi) is 8.30. The Morgan fingerprint density at radius 2 is 1.55 bits per heavy atom. The van der Waals surface area contributed by atoms with Gasteiger partial charge in [0, 0.05) is 17.9 Å². The number of ether oxygens (including phenoxy) is 1. The van der Waals surface area contributed by atoms with E-state index in [-0.39, 0.29) is 19.4 Å². The van der Waals surface area contributed by atoms with Crippen molar-refractivity contribution in [3.05, 3.63) is 57.6 Å². The minimum Gasteiger partial charge on any atom is -0.484 e. The summed E-state index contributed by atoms with van der Waals surface area (Å²) in [5.41, 5.74) is 7.05. The number of hydrogen-bond donors (Lipinski definition) is 3. The quantitative estimate of drug-likeness (QED) is 0.576. The van der Waals surface area contributed by atoms with Gasteiger partial charge in [-0.05, 0) is 55.3 Å². The molecule has 2 rings (SSSR count). The molecule has 0 fully saturated rings. The van der Waals surface area contributed by atoms with E-state index in [2.05, 4.69) is 16.2 Å². The van der Waals surface area contributed by atoms with E-state index in [9.17, 15) is 14.4 Å². The minimum absolute atomic E-state index is 0.0835. The summed E-state index contributed by atoms with van der Waals surface area (Å²) in [6.07, 6.45) is -0.199. The first-order valence-electron chi connectivity index (χ1n) is 8.77. The van der Waals surface area contributed by atoms with Crippen molar-refractivity contribution in [2.24, 2.45) is 0 Å². The third-order valence-electron chi connectivity index (χ3n) is 3.97. The van der Waals surface area contributed by atoms with E-state index >= 15 is 0 Å². The molecule has 0 aliphatic rings. The van der Waals surface area contributed by atoms with Gasteiger partial charge >= 0.3 is 0 Å². The summed E-state index contributed by atoms with van der Waals surface area (Å²) in [6, 6.07) is 10.1. The van der Waals surface area contributed by atoms with Crippen molar-refractivity contribution in [2.45, 2.75) is 26.7 Å². The lowest BCUT2D eigenvalue weighted by Gasteiger charge is -2.10. The van der Waals surface area contributed by atoms with Gasteiger partial charge in [-0.2, -0.15) is 0 Å². The van der Waals surface area contributed by atoms with Crippen molar-refractivity contribution >= 4 is 46.6 Å². The zero-order valence-corrected chi connectivity index (χ0v) is 17.5.